The van der Waals surface area contributed by atoms with Crippen molar-refractivity contribution < 1.29 is 62.1 Å². The highest BCUT2D eigenvalue weighted by Gasteiger charge is 2.54. The highest BCUT2D eigenvalue weighted by molar-refractivity contribution is 5.69. The molecule has 0 amide bonds. The molecule has 2 rings (SSSR count). The highest BCUT2D eigenvalue weighted by Crippen LogP contribution is 2.30. The van der Waals surface area contributed by atoms with Crippen LogP contribution in [0.4, 0.5) is 10.5 Å². The molecule has 1 aliphatic rings. The molecule has 0 unspecified atom stereocenters. The maximum Gasteiger partial charge on any atom is 0.516 e. The zero-order chi connectivity index (χ0) is 27.0. The van der Waals surface area contributed by atoms with Gasteiger partial charge in [0, 0.05) is 39.8 Å². The van der Waals surface area contributed by atoms with Crippen LogP contribution in [0.25, 0.3) is 0 Å². The largest absolute Gasteiger partial charge is 0.516 e. The topological polar surface area (TPSA) is 193 Å². The molecule has 36 heavy (non-hydrogen) atoms. The Bertz CT molecular complexity index is 1010. The number of carbonyl (C=O) groups is 5. The van der Waals surface area contributed by atoms with Crippen molar-refractivity contribution in [3.8, 4) is 5.75 Å². The minimum atomic E-state index is -1.78. The van der Waals surface area contributed by atoms with Gasteiger partial charge in [-0.25, -0.2) is 4.79 Å². The first kappa shape index (κ1) is 28.0. The molecule has 5 atom stereocenters. The van der Waals surface area contributed by atoms with Crippen molar-refractivity contribution in [3.63, 3.8) is 0 Å². The van der Waals surface area contributed by atoms with Gasteiger partial charge in [0.1, 0.15) is 18.5 Å². The van der Waals surface area contributed by atoms with Crippen molar-refractivity contribution in [2.75, 3.05) is 6.61 Å². The van der Waals surface area contributed by atoms with Crippen LogP contribution in [0.1, 0.15) is 27.7 Å². The Labute approximate surface area is 203 Å². The number of nitro groups is 1. The minimum Gasteiger partial charge on any atom is -0.463 e. The summed E-state index contributed by atoms with van der Waals surface area (Å²) in [7, 11) is 0. The Kier molecular flexibility index (Phi) is 9.66. The molecule has 196 valence electrons. The van der Waals surface area contributed by atoms with Crippen LogP contribution >= 0.6 is 0 Å². The summed E-state index contributed by atoms with van der Waals surface area (Å²) in [4.78, 5) is 69.1. The molecular formula is C21H23NO14. The molecule has 0 radical (unpaired) electrons. The molecule has 0 N–H and O–H groups in total. The SMILES string of the molecule is CC(=O)OC[C@H]1O[C@@H](OC(=O)Oc2ccc([N+](=O)[O-])cc2)[C@H](OC(C)=O)[C@@H](OC(C)=O)[C@@H]1OC(C)=O. The molecule has 0 spiro atoms. The van der Waals surface area contributed by atoms with E-state index in [4.69, 9.17) is 33.2 Å². The minimum absolute atomic E-state index is 0.128. The first-order chi connectivity index (χ1) is 16.9. The van der Waals surface area contributed by atoms with Crippen molar-refractivity contribution in [2.24, 2.45) is 0 Å². The molecule has 1 aliphatic heterocycles. The van der Waals surface area contributed by atoms with Crippen LogP contribution in [0.3, 0.4) is 0 Å². The Morgan fingerprint density at radius 2 is 1.33 bits per heavy atom. The highest BCUT2D eigenvalue weighted by atomic mass is 16.8. The predicted octanol–water partition coefficient (Wildman–Crippen LogP) is 1.19. The number of nitrogens with zero attached hydrogens (tertiary/aromatic N) is 1. The van der Waals surface area contributed by atoms with Crippen LogP contribution in [-0.2, 0) is 47.6 Å². The lowest BCUT2D eigenvalue weighted by molar-refractivity contribution is -0.384. The van der Waals surface area contributed by atoms with E-state index in [9.17, 15) is 34.1 Å². The maximum atomic E-state index is 12.4. The Morgan fingerprint density at radius 3 is 1.83 bits per heavy atom. The van der Waals surface area contributed by atoms with Crippen LogP contribution in [0, 0.1) is 10.1 Å². The molecule has 1 aromatic carbocycles. The van der Waals surface area contributed by atoms with Crippen molar-refractivity contribution in [3.05, 3.63) is 34.4 Å². The van der Waals surface area contributed by atoms with Crippen molar-refractivity contribution >= 4 is 35.7 Å². The van der Waals surface area contributed by atoms with Crippen LogP contribution in [0.15, 0.2) is 24.3 Å². The fourth-order valence-electron chi connectivity index (χ4n) is 3.13. The van der Waals surface area contributed by atoms with E-state index in [0.29, 0.717) is 0 Å². The third-order valence-corrected chi connectivity index (χ3v) is 4.41. The summed E-state index contributed by atoms with van der Waals surface area (Å²) in [5.74, 6) is -3.43. The van der Waals surface area contributed by atoms with Crippen LogP contribution < -0.4 is 4.74 Å². The van der Waals surface area contributed by atoms with E-state index in [-0.39, 0.29) is 11.4 Å². The third-order valence-electron chi connectivity index (χ3n) is 4.41. The van der Waals surface area contributed by atoms with Gasteiger partial charge in [-0.2, -0.15) is 0 Å². The molecule has 1 heterocycles. The monoisotopic (exact) mass is 513 g/mol. The number of rotatable bonds is 8. The maximum absolute atomic E-state index is 12.4. The summed E-state index contributed by atoms with van der Waals surface area (Å²) in [5, 5.41) is 10.8. The Hall–Kier alpha value is -4.27. The van der Waals surface area contributed by atoms with Crippen LogP contribution in [0.5, 0.6) is 5.75 Å². The van der Waals surface area contributed by atoms with Gasteiger partial charge >= 0.3 is 30.0 Å². The summed E-state index contributed by atoms with van der Waals surface area (Å²) in [6, 6.07) is 4.42. The van der Waals surface area contributed by atoms with Gasteiger partial charge in [0.15, 0.2) is 12.2 Å². The van der Waals surface area contributed by atoms with Gasteiger partial charge in [0.05, 0.1) is 4.92 Å². The van der Waals surface area contributed by atoms with Gasteiger partial charge in [0.2, 0.25) is 12.4 Å². The number of nitro benzene ring substituents is 1. The van der Waals surface area contributed by atoms with Crippen molar-refractivity contribution in [1.29, 1.82) is 0 Å². The number of non-ortho nitro benzene ring substituents is 1. The zero-order valence-corrected chi connectivity index (χ0v) is 19.6. The molecule has 1 saturated heterocycles. The van der Waals surface area contributed by atoms with Crippen LogP contribution in [0.2, 0.25) is 0 Å². The lowest BCUT2D eigenvalue weighted by atomic mass is 9.98. The van der Waals surface area contributed by atoms with E-state index in [2.05, 4.69) is 0 Å². The second kappa shape index (κ2) is 12.4. The molecule has 0 aliphatic carbocycles. The summed E-state index contributed by atoms with van der Waals surface area (Å²) in [6.07, 6.45) is -9.09. The molecule has 15 nitrogen and oxygen atoms in total. The van der Waals surface area contributed by atoms with Gasteiger partial charge in [0.25, 0.3) is 5.69 Å². The van der Waals surface area contributed by atoms with Gasteiger partial charge in [-0.05, 0) is 12.1 Å². The molecular weight excluding hydrogens is 490 g/mol. The van der Waals surface area contributed by atoms with Crippen molar-refractivity contribution in [2.45, 2.75) is 58.4 Å². The number of hydrogen-bond donors (Lipinski definition) is 0. The van der Waals surface area contributed by atoms with E-state index < -0.39 is 72.3 Å². The lowest BCUT2D eigenvalue weighted by Gasteiger charge is -2.43. The molecule has 0 bridgehead atoms. The number of esters is 4. The number of carbonyl (C=O) groups excluding carboxylic acids is 5. The fourth-order valence-corrected chi connectivity index (χ4v) is 3.13. The summed E-state index contributed by atoms with van der Waals surface area (Å²) in [5.41, 5.74) is -0.254. The van der Waals surface area contributed by atoms with E-state index in [1.807, 2.05) is 0 Å². The molecule has 1 aromatic rings. The van der Waals surface area contributed by atoms with E-state index in [1.165, 1.54) is 0 Å². The number of hydrogen-bond acceptors (Lipinski definition) is 14. The average Bonchev–Trinajstić information content (AvgIpc) is 2.76. The molecule has 15 heteroatoms. The second-order valence-electron chi connectivity index (χ2n) is 7.29. The lowest BCUT2D eigenvalue weighted by Crippen LogP contribution is -2.63. The molecule has 1 fully saturated rings. The summed E-state index contributed by atoms with van der Waals surface area (Å²) in [6.45, 7) is 3.69. The average molecular weight is 513 g/mol. The first-order valence-corrected chi connectivity index (χ1v) is 10.3. The van der Waals surface area contributed by atoms with Gasteiger partial charge < -0.3 is 33.2 Å². The van der Waals surface area contributed by atoms with Gasteiger partial charge in [-0.15, -0.1) is 0 Å². The number of benzene rings is 1. The van der Waals surface area contributed by atoms with Gasteiger partial charge in [-0.3, -0.25) is 29.3 Å². The van der Waals surface area contributed by atoms with E-state index >= 15 is 0 Å². The first-order valence-electron chi connectivity index (χ1n) is 10.3. The van der Waals surface area contributed by atoms with Gasteiger partial charge in [-0.1, -0.05) is 0 Å². The smallest absolute Gasteiger partial charge is 0.463 e. The Morgan fingerprint density at radius 1 is 0.806 bits per heavy atom. The standard InChI is InChI=1S/C21H23NO14/c1-10(23)30-9-16-17(31-11(2)24)18(32-12(3)25)19(33-13(4)26)20(35-16)36-21(27)34-15-7-5-14(6-8-15)22(28)29/h5-8,16-20H,9H2,1-4H3/t16-,17-,18+,19-,20+/m1/s1. The molecule has 0 saturated carbocycles. The van der Waals surface area contributed by atoms with Crippen molar-refractivity contribution in [1.82, 2.24) is 0 Å². The quantitative estimate of drug-likeness (QED) is 0.158. The summed E-state index contributed by atoms with van der Waals surface area (Å²) < 4.78 is 36.1. The third kappa shape index (κ3) is 8.19. The zero-order valence-electron chi connectivity index (χ0n) is 19.6. The normalized spacial score (nSPS) is 22.9. The van der Waals surface area contributed by atoms with E-state index in [1.54, 1.807) is 0 Å². The van der Waals surface area contributed by atoms with E-state index in [0.717, 1.165) is 52.0 Å². The summed E-state index contributed by atoms with van der Waals surface area (Å²) >= 11 is 0. The second-order valence-corrected chi connectivity index (χ2v) is 7.29. The van der Waals surface area contributed by atoms with Crippen LogP contribution in [-0.4, -0.2) is 72.3 Å². The Balaban J connectivity index is 2.33. The fraction of sp³-hybridized carbons (Fsp3) is 0.476. The number of ether oxygens (including phenoxy) is 7. The predicted molar refractivity (Wildman–Crippen MR) is 112 cm³/mol. The molecule has 0 aromatic heterocycles.